The second kappa shape index (κ2) is 7.17. The largest absolute Gasteiger partial charge is 0.493 e. The maximum absolute atomic E-state index is 5.47. The summed E-state index contributed by atoms with van der Waals surface area (Å²) in [4.78, 5) is 0. The molecule has 0 saturated heterocycles. The van der Waals surface area contributed by atoms with Gasteiger partial charge in [-0.3, -0.25) is 0 Å². The first kappa shape index (κ1) is 16.2. The van der Waals surface area contributed by atoms with Crippen molar-refractivity contribution in [3.63, 3.8) is 0 Å². The van der Waals surface area contributed by atoms with Crippen LogP contribution in [0.5, 0.6) is 11.5 Å². The molecule has 21 heavy (non-hydrogen) atoms. The van der Waals surface area contributed by atoms with Gasteiger partial charge >= 0.3 is 0 Å². The lowest BCUT2D eigenvalue weighted by atomic mass is 9.58. The molecule has 1 aliphatic rings. The van der Waals surface area contributed by atoms with E-state index in [4.69, 9.17) is 9.47 Å². The van der Waals surface area contributed by atoms with Crippen LogP contribution in [0.1, 0.15) is 45.1 Å². The molecule has 0 aliphatic heterocycles. The van der Waals surface area contributed by atoms with Gasteiger partial charge in [-0.2, -0.15) is 0 Å². The summed E-state index contributed by atoms with van der Waals surface area (Å²) < 4.78 is 10.8. The van der Waals surface area contributed by atoms with Gasteiger partial charge in [0.25, 0.3) is 0 Å². The van der Waals surface area contributed by atoms with Crippen LogP contribution in [0.25, 0.3) is 0 Å². The molecule has 0 aromatic heterocycles. The average Bonchev–Trinajstić information content (AvgIpc) is 2.49. The van der Waals surface area contributed by atoms with Crippen molar-refractivity contribution in [1.82, 2.24) is 5.32 Å². The van der Waals surface area contributed by atoms with Gasteiger partial charge in [-0.15, -0.1) is 0 Å². The molecule has 1 aromatic carbocycles. The number of ether oxygens (including phenoxy) is 2. The molecule has 0 radical (unpaired) electrons. The number of hydrogen-bond acceptors (Lipinski definition) is 3. The fraction of sp³-hybridized carbons (Fsp3) is 0.667. The van der Waals surface area contributed by atoms with Crippen LogP contribution >= 0.6 is 0 Å². The van der Waals surface area contributed by atoms with Gasteiger partial charge in [-0.1, -0.05) is 26.3 Å². The molecule has 0 unspecified atom stereocenters. The average molecular weight is 291 g/mol. The second-order valence-corrected chi connectivity index (χ2v) is 6.21. The van der Waals surface area contributed by atoms with E-state index in [-0.39, 0.29) is 5.41 Å². The molecular weight excluding hydrogens is 262 g/mol. The van der Waals surface area contributed by atoms with Crippen molar-refractivity contribution >= 4 is 0 Å². The molecule has 1 saturated carbocycles. The summed E-state index contributed by atoms with van der Waals surface area (Å²) in [6, 6.07) is 6.41. The maximum atomic E-state index is 5.47. The van der Waals surface area contributed by atoms with Gasteiger partial charge in [0.05, 0.1) is 14.2 Å². The fourth-order valence-electron chi connectivity index (χ4n) is 3.49. The lowest BCUT2D eigenvalue weighted by molar-refractivity contribution is 0.133. The second-order valence-electron chi connectivity index (χ2n) is 6.21. The molecule has 0 amide bonds. The first-order valence-electron chi connectivity index (χ1n) is 8.12. The molecular formula is C18H29NO2. The highest BCUT2D eigenvalue weighted by Crippen LogP contribution is 2.50. The van der Waals surface area contributed by atoms with E-state index in [1.54, 1.807) is 14.2 Å². The summed E-state index contributed by atoms with van der Waals surface area (Å²) in [5.41, 5.74) is 1.66. The Labute approximate surface area is 129 Å². The highest BCUT2D eigenvalue weighted by molar-refractivity contribution is 5.46. The van der Waals surface area contributed by atoms with E-state index in [0.29, 0.717) is 0 Å². The van der Waals surface area contributed by atoms with Crippen LogP contribution in [0.15, 0.2) is 18.2 Å². The first-order valence-corrected chi connectivity index (χ1v) is 8.12. The SMILES string of the molecule is CCCNCC1(c2ccc(OC)c(OC)c2)CC(CC)C1. The van der Waals surface area contributed by atoms with E-state index >= 15 is 0 Å². The molecule has 3 heteroatoms. The molecule has 0 spiro atoms. The van der Waals surface area contributed by atoms with Crippen molar-refractivity contribution in [2.24, 2.45) is 5.92 Å². The molecule has 1 fully saturated rings. The molecule has 118 valence electrons. The summed E-state index contributed by atoms with van der Waals surface area (Å²) in [5, 5.41) is 3.61. The molecule has 1 aliphatic carbocycles. The van der Waals surface area contributed by atoms with E-state index in [2.05, 4.69) is 31.3 Å². The van der Waals surface area contributed by atoms with E-state index < -0.39 is 0 Å². The summed E-state index contributed by atoms with van der Waals surface area (Å²) in [6.45, 7) is 6.66. The third kappa shape index (κ3) is 3.34. The predicted octanol–water partition coefficient (Wildman–Crippen LogP) is 3.76. The molecule has 3 nitrogen and oxygen atoms in total. The third-order valence-corrected chi connectivity index (χ3v) is 4.82. The Hall–Kier alpha value is -1.22. The minimum Gasteiger partial charge on any atom is -0.493 e. The van der Waals surface area contributed by atoms with Crippen molar-refractivity contribution < 1.29 is 9.47 Å². The number of nitrogens with one attached hydrogen (secondary N) is 1. The van der Waals surface area contributed by atoms with Crippen molar-refractivity contribution in [2.75, 3.05) is 27.3 Å². The van der Waals surface area contributed by atoms with E-state index in [9.17, 15) is 0 Å². The van der Waals surface area contributed by atoms with Crippen LogP contribution in [0.4, 0.5) is 0 Å². The van der Waals surface area contributed by atoms with Crippen LogP contribution < -0.4 is 14.8 Å². The normalized spacial score (nSPS) is 24.5. The van der Waals surface area contributed by atoms with Crippen LogP contribution in [0.2, 0.25) is 0 Å². The fourth-order valence-corrected chi connectivity index (χ4v) is 3.49. The summed E-state index contributed by atoms with van der Waals surface area (Å²) in [6.07, 6.45) is 5.01. The lowest BCUT2D eigenvalue weighted by Crippen LogP contribution is -2.48. The Morgan fingerprint density at radius 1 is 1.14 bits per heavy atom. The van der Waals surface area contributed by atoms with Crippen molar-refractivity contribution in [3.8, 4) is 11.5 Å². The minimum absolute atomic E-state index is 0.273. The van der Waals surface area contributed by atoms with Crippen LogP contribution in [-0.2, 0) is 5.41 Å². The molecule has 0 atom stereocenters. The number of methoxy groups -OCH3 is 2. The highest BCUT2D eigenvalue weighted by atomic mass is 16.5. The van der Waals surface area contributed by atoms with Crippen LogP contribution in [-0.4, -0.2) is 27.3 Å². The van der Waals surface area contributed by atoms with Crippen LogP contribution in [0, 0.1) is 5.92 Å². The molecule has 0 bridgehead atoms. The zero-order valence-corrected chi connectivity index (χ0v) is 13.9. The van der Waals surface area contributed by atoms with Gasteiger partial charge < -0.3 is 14.8 Å². The minimum atomic E-state index is 0.273. The van der Waals surface area contributed by atoms with Gasteiger partial charge in [0, 0.05) is 12.0 Å². The van der Waals surface area contributed by atoms with Crippen molar-refractivity contribution in [1.29, 1.82) is 0 Å². The quantitative estimate of drug-likeness (QED) is 0.740. The van der Waals surface area contributed by atoms with Gasteiger partial charge in [0.2, 0.25) is 0 Å². The molecule has 2 rings (SSSR count). The Morgan fingerprint density at radius 3 is 2.43 bits per heavy atom. The van der Waals surface area contributed by atoms with E-state index in [0.717, 1.165) is 30.5 Å². The lowest BCUT2D eigenvalue weighted by Gasteiger charge is -2.48. The monoisotopic (exact) mass is 291 g/mol. The Kier molecular flexibility index (Phi) is 5.51. The smallest absolute Gasteiger partial charge is 0.161 e. The zero-order valence-electron chi connectivity index (χ0n) is 13.9. The van der Waals surface area contributed by atoms with E-state index in [1.165, 1.54) is 31.2 Å². The predicted molar refractivity (Wildman–Crippen MR) is 87.4 cm³/mol. The summed E-state index contributed by atoms with van der Waals surface area (Å²) in [7, 11) is 3.39. The molecule has 1 N–H and O–H groups in total. The molecule has 0 heterocycles. The third-order valence-electron chi connectivity index (χ3n) is 4.82. The van der Waals surface area contributed by atoms with Crippen molar-refractivity contribution in [2.45, 2.75) is 44.9 Å². The van der Waals surface area contributed by atoms with Gasteiger partial charge in [0.15, 0.2) is 11.5 Å². The van der Waals surface area contributed by atoms with Crippen LogP contribution in [0.3, 0.4) is 0 Å². The summed E-state index contributed by atoms with van der Waals surface area (Å²) in [5.74, 6) is 2.51. The maximum Gasteiger partial charge on any atom is 0.161 e. The standard InChI is InChI=1S/C18H29NO2/c1-5-9-19-13-18(11-14(6-2)12-18)15-7-8-16(20-3)17(10-15)21-4/h7-8,10,14,19H,5-6,9,11-13H2,1-4H3. The Balaban J connectivity index is 2.21. The highest BCUT2D eigenvalue weighted by Gasteiger charge is 2.44. The molecule has 1 aromatic rings. The van der Waals surface area contributed by atoms with Crippen molar-refractivity contribution in [3.05, 3.63) is 23.8 Å². The topological polar surface area (TPSA) is 30.5 Å². The first-order chi connectivity index (χ1) is 10.2. The zero-order chi connectivity index (χ0) is 15.3. The number of benzene rings is 1. The number of hydrogen-bond donors (Lipinski definition) is 1. The number of rotatable bonds is 8. The van der Waals surface area contributed by atoms with Gasteiger partial charge in [-0.25, -0.2) is 0 Å². The van der Waals surface area contributed by atoms with Gasteiger partial charge in [-0.05, 0) is 49.4 Å². The summed E-state index contributed by atoms with van der Waals surface area (Å²) >= 11 is 0. The Morgan fingerprint density at radius 2 is 1.86 bits per heavy atom. The van der Waals surface area contributed by atoms with Gasteiger partial charge in [0.1, 0.15) is 0 Å². The Bertz CT molecular complexity index is 453. The van der Waals surface area contributed by atoms with E-state index in [1.807, 2.05) is 6.07 Å².